The summed E-state index contributed by atoms with van der Waals surface area (Å²) in [5.41, 5.74) is 0. The zero-order valence-corrected chi connectivity index (χ0v) is 8.91. The number of rotatable bonds is 3. The molecule has 0 bridgehead atoms. The molecule has 0 saturated carbocycles. The largest absolute Gasteiger partial charge is 0.396 e. The van der Waals surface area contributed by atoms with Crippen LogP contribution in [-0.4, -0.2) is 30.2 Å². The molecule has 3 nitrogen and oxygen atoms in total. The van der Waals surface area contributed by atoms with Crippen LogP contribution in [-0.2, 0) is 9.47 Å². The molecule has 1 saturated heterocycles. The molecule has 1 aliphatic rings. The molecule has 1 N–H and O–H groups in total. The molecule has 78 valence electrons. The highest BCUT2D eigenvalue weighted by atomic mass is 16.7. The first-order chi connectivity index (χ1) is 5.96. The minimum Gasteiger partial charge on any atom is -0.396 e. The number of hydrogen-bond donors (Lipinski definition) is 1. The molecule has 0 radical (unpaired) electrons. The summed E-state index contributed by atoms with van der Waals surface area (Å²) in [5.74, 6) is 0.127. The minimum atomic E-state index is -0.479. The third-order valence-corrected chi connectivity index (χ3v) is 2.58. The summed E-state index contributed by atoms with van der Waals surface area (Å²) in [6.07, 6.45) is 0.0417. The van der Waals surface area contributed by atoms with Gasteiger partial charge >= 0.3 is 0 Å². The highest BCUT2D eigenvalue weighted by Gasteiger charge is 2.37. The molecule has 0 spiro atoms. The Balaban J connectivity index is 2.53. The van der Waals surface area contributed by atoms with Gasteiger partial charge in [-0.1, -0.05) is 13.8 Å². The van der Waals surface area contributed by atoms with Crippen LogP contribution in [0.15, 0.2) is 0 Å². The first kappa shape index (κ1) is 11.0. The minimum absolute atomic E-state index is 0.0417. The summed E-state index contributed by atoms with van der Waals surface area (Å²) in [7, 11) is 0. The van der Waals surface area contributed by atoms with Gasteiger partial charge in [0.2, 0.25) is 0 Å². The summed E-state index contributed by atoms with van der Waals surface area (Å²) < 4.78 is 11.1. The van der Waals surface area contributed by atoms with E-state index in [1.807, 2.05) is 13.8 Å². The fraction of sp³-hybridized carbons (Fsp3) is 1.00. The Labute approximate surface area is 80.0 Å². The van der Waals surface area contributed by atoms with Gasteiger partial charge in [0.05, 0.1) is 12.7 Å². The molecule has 0 aromatic carbocycles. The van der Waals surface area contributed by atoms with Crippen LogP contribution in [0.1, 0.15) is 27.7 Å². The Hall–Kier alpha value is -0.120. The molecular weight excluding hydrogens is 168 g/mol. The standard InChI is InChI=1S/C10H20O3/c1-7(2)8(5-11)9-6-12-10(3,4)13-9/h7-9,11H,5-6H2,1-4H3/t8-,9+/m0/s1. The molecule has 13 heavy (non-hydrogen) atoms. The molecule has 2 atom stereocenters. The van der Waals surface area contributed by atoms with Crippen molar-refractivity contribution in [3.05, 3.63) is 0 Å². The second-order valence-corrected chi connectivity index (χ2v) is 4.46. The highest BCUT2D eigenvalue weighted by Crippen LogP contribution is 2.29. The fourth-order valence-electron chi connectivity index (χ4n) is 1.68. The predicted octanol–water partition coefficient (Wildman–Crippen LogP) is 1.40. The van der Waals surface area contributed by atoms with E-state index in [2.05, 4.69) is 13.8 Å². The molecule has 0 aliphatic carbocycles. The van der Waals surface area contributed by atoms with E-state index >= 15 is 0 Å². The number of hydrogen-bond acceptors (Lipinski definition) is 3. The van der Waals surface area contributed by atoms with Crippen LogP contribution in [0, 0.1) is 11.8 Å². The van der Waals surface area contributed by atoms with Crippen molar-refractivity contribution in [3.8, 4) is 0 Å². The summed E-state index contributed by atoms with van der Waals surface area (Å²) in [4.78, 5) is 0. The SMILES string of the molecule is CC(C)[C@H](CO)[C@H]1COC(C)(C)O1. The van der Waals surface area contributed by atoms with Gasteiger partial charge in [-0.2, -0.15) is 0 Å². The van der Waals surface area contributed by atoms with Crippen molar-refractivity contribution in [2.24, 2.45) is 11.8 Å². The Morgan fingerprint density at radius 1 is 1.46 bits per heavy atom. The van der Waals surface area contributed by atoms with Crippen LogP contribution in [0.3, 0.4) is 0 Å². The van der Waals surface area contributed by atoms with Crippen molar-refractivity contribution >= 4 is 0 Å². The summed E-state index contributed by atoms with van der Waals surface area (Å²) >= 11 is 0. The zero-order valence-electron chi connectivity index (χ0n) is 8.91. The molecule has 1 heterocycles. The maximum absolute atomic E-state index is 9.19. The van der Waals surface area contributed by atoms with Crippen LogP contribution in [0.5, 0.6) is 0 Å². The van der Waals surface area contributed by atoms with E-state index in [9.17, 15) is 5.11 Å². The van der Waals surface area contributed by atoms with Gasteiger partial charge in [0.25, 0.3) is 0 Å². The van der Waals surface area contributed by atoms with Gasteiger partial charge in [-0.3, -0.25) is 0 Å². The maximum atomic E-state index is 9.19. The van der Waals surface area contributed by atoms with Crippen molar-refractivity contribution in [3.63, 3.8) is 0 Å². The lowest BCUT2D eigenvalue weighted by Gasteiger charge is -2.25. The third kappa shape index (κ3) is 2.66. The van der Waals surface area contributed by atoms with Gasteiger partial charge in [-0.05, 0) is 19.8 Å². The molecule has 0 unspecified atom stereocenters. The molecular formula is C10H20O3. The van der Waals surface area contributed by atoms with E-state index in [1.165, 1.54) is 0 Å². The fourth-order valence-corrected chi connectivity index (χ4v) is 1.68. The van der Waals surface area contributed by atoms with Gasteiger partial charge in [-0.25, -0.2) is 0 Å². The van der Waals surface area contributed by atoms with Gasteiger partial charge < -0.3 is 14.6 Å². The van der Waals surface area contributed by atoms with Crippen molar-refractivity contribution in [2.45, 2.75) is 39.6 Å². The number of aliphatic hydroxyl groups excluding tert-OH is 1. The van der Waals surface area contributed by atoms with Crippen LogP contribution < -0.4 is 0 Å². The lowest BCUT2D eigenvalue weighted by molar-refractivity contribution is -0.148. The Kier molecular flexibility index (Phi) is 3.33. The highest BCUT2D eigenvalue weighted by molar-refractivity contribution is 4.79. The van der Waals surface area contributed by atoms with Crippen LogP contribution >= 0.6 is 0 Å². The topological polar surface area (TPSA) is 38.7 Å². The van der Waals surface area contributed by atoms with Gasteiger partial charge in [0.15, 0.2) is 5.79 Å². The lowest BCUT2D eigenvalue weighted by Crippen LogP contribution is -2.32. The van der Waals surface area contributed by atoms with E-state index in [4.69, 9.17) is 9.47 Å². The van der Waals surface area contributed by atoms with Crippen LogP contribution in [0.2, 0.25) is 0 Å². The van der Waals surface area contributed by atoms with E-state index in [0.717, 1.165) is 0 Å². The molecule has 1 aliphatic heterocycles. The molecule has 3 heteroatoms. The van der Waals surface area contributed by atoms with E-state index < -0.39 is 5.79 Å². The zero-order chi connectivity index (χ0) is 10.1. The molecule has 0 aromatic heterocycles. The van der Waals surface area contributed by atoms with Gasteiger partial charge in [0, 0.05) is 12.5 Å². The Morgan fingerprint density at radius 2 is 2.08 bits per heavy atom. The number of ether oxygens (including phenoxy) is 2. The molecule has 1 fully saturated rings. The van der Waals surface area contributed by atoms with Crippen molar-refractivity contribution in [1.29, 1.82) is 0 Å². The average Bonchev–Trinajstić information content (AvgIpc) is 2.31. The lowest BCUT2D eigenvalue weighted by atomic mass is 9.91. The van der Waals surface area contributed by atoms with Gasteiger partial charge in [-0.15, -0.1) is 0 Å². The number of aliphatic hydroxyl groups is 1. The molecule has 0 amide bonds. The smallest absolute Gasteiger partial charge is 0.163 e. The first-order valence-corrected chi connectivity index (χ1v) is 4.89. The second-order valence-electron chi connectivity index (χ2n) is 4.46. The quantitative estimate of drug-likeness (QED) is 0.727. The van der Waals surface area contributed by atoms with Crippen LogP contribution in [0.25, 0.3) is 0 Å². The summed E-state index contributed by atoms with van der Waals surface area (Å²) in [6.45, 7) is 8.76. The predicted molar refractivity (Wildman–Crippen MR) is 50.3 cm³/mol. The Bertz CT molecular complexity index is 166. The summed E-state index contributed by atoms with van der Waals surface area (Å²) in [6, 6.07) is 0. The van der Waals surface area contributed by atoms with E-state index in [1.54, 1.807) is 0 Å². The molecule has 0 aromatic rings. The first-order valence-electron chi connectivity index (χ1n) is 4.89. The Morgan fingerprint density at radius 3 is 2.38 bits per heavy atom. The third-order valence-electron chi connectivity index (χ3n) is 2.58. The molecule has 1 rings (SSSR count). The normalized spacial score (nSPS) is 29.5. The van der Waals surface area contributed by atoms with Crippen molar-refractivity contribution < 1.29 is 14.6 Å². The maximum Gasteiger partial charge on any atom is 0.163 e. The van der Waals surface area contributed by atoms with E-state index in [-0.39, 0.29) is 18.6 Å². The van der Waals surface area contributed by atoms with Crippen LogP contribution in [0.4, 0.5) is 0 Å². The van der Waals surface area contributed by atoms with Crippen molar-refractivity contribution in [2.75, 3.05) is 13.2 Å². The van der Waals surface area contributed by atoms with E-state index in [0.29, 0.717) is 12.5 Å². The second kappa shape index (κ2) is 3.95. The monoisotopic (exact) mass is 188 g/mol. The van der Waals surface area contributed by atoms with Crippen molar-refractivity contribution in [1.82, 2.24) is 0 Å². The van der Waals surface area contributed by atoms with Gasteiger partial charge in [0.1, 0.15) is 0 Å². The summed E-state index contributed by atoms with van der Waals surface area (Å²) in [5, 5.41) is 9.19. The average molecular weight is 188 g/mol.